The molecule has 3 atom stereocenters. The quantitative estimate of drug-likeness (QED) is 0.779. The molecule has 2 fully saturated rings. The van der Waals surface area contributed by atoms with Crippen LogP contribution >= 0.6 is 11.3 Å². The van der Waals surface area contributed by atoms with Crippen LogP contribution in [0.15, 0.2) is 24.8 Å². The van der Waals surface area contributed by atoms with Gasteiger partial charge in [-0.1, -0.05) is 6.08 Å². The summed E-state index contributed by atoms with van der Waals surface area (Å²) in [6.07, 6.45) is 4.58. The third-order valence-corrected chi connectivity index (χ3v) is 5.22. The van der Waals surface area contributed by atoms with Gasteiger partial charge in [0.2, 0.25) is 0 Å². The first-order valence-corrected chi connectivity index (χ1v) is 8.23. The van der Waals surface area contributed by atoms with Gasteiger partial charge in [0.15, 0.2) is 0 Å². The minimum atomic E-state index is 0.241. The Bertz CT molecular complexity index is 459. The van der Waals surface area contributed by atoms with Gasteiger partial charge in [-0.2, -0.15) is 0 Å². The van der Waals surface area contributed by atoms with E-state index in [1.165, 1.54) is 16.2 Å². The molecule has 1 aromatic rings. The molecule has 0 bridgehead atoms. The lowest BCUT2D eigenvalue weighted by molar-refractivity contribution is -0.111. The smallest absolute Gasteiger partial charge is 0.0992 e. The molecule has 0 radical (unpaired) electrons. The van der Waals surface area contributed by atoms with E-state index < -0.39 is 0 Å². The van der Waals surface area contributed by atoms with Crippen LogP contribution in [-0.2, 0) is 16.0 Å². The average molecular weight is 293 g/mol. The Balaban J connectivity index is 1.63. The number of hydrogen-bond donors (Lipinski definition) is 0. The lowest BCUT2D eigenvalue weighted by Crippen LogP contribution is -2.51. The zero-order valence-electron chi connectivity index (χ0n) is 12.1. The van der Waals surface area contributed by atoms with Gasteiger partial charge in [-0.3, -0.25) is 4.90 Å². The summed E-state index contributed by atoms with van der Waals surface area (Å²) >= 11 is 1.90. The molecule has 1 saturated carbocycles. The van der Waals surface area contributed by atoms with Crippen molar-refractivity contribution in [1.29, 1.82) is 0 Å². The molecule has 0 aromatic carbocycles. The van der Waals surface area contributed by atoms with Gasteiger partial charge < -0.3 is 9.47 Å². The van der Waals surface area contributed by atoms with Crippen molar-refractivity contribution in [2.45, 2.75) is 44.6 Å². The lowest BCUT2D eigenvalue weighted by Gasteiger charge is -2.38. The number of nitrogens with zero attached hydrogens (tertiary/aromatic N) is 1. The molecular formula is C16H23NO2S. The lowest BCUT2D eigenvalue weighted by atomic mass is 10.1. The van der Waals surface area contributed by atoms with E-state index in [1.807, 2.05) is 17.4 Å². The van der Waals surface area contributed by atoms with Crippen LogP contribution < -0.4 is 0 Å². The van der Waals surface area contributed by atoms with Crippen LogP contribution in [0.1, 0.15) is 22.6 Å². The van der Waals surface area contributed by atoms with Gasteiger partial charge in [0.05, 0.1) is 25.4 Å². The maximum atomic E-state index is 5.99. The van der Waals surface area contributed by atoms with Crippen molar-refractivity contribution in [3.8, 4) is 0 Å². The molecule has 110 valence electrons. The normalized spacial score (nSPS) is 30.4. The Hall–Kier alpha value is -0.680. The SMILES string of the molecule is C=CCO[C@@H]1CC[C@H]2[C@H]1OCCN2Cc1ccc(C)s1. The summed E-state index contributed by atoms with van der Waals surface area (Å²) in [5.41, 5.74) is 0. The van der Waals surface area contributed by atoms with Gasteiger partial charge >= 0.3 is 0 Å². The summed E-state index contributed by atoms with van der Waals surface area (Å²) in [5, 5.41) is 0. The summed E-state index contributed by atoms with van der Waals surface area (Å²) in [4.78, 5) is 5.43. The van der Waals surface area contributed by atoms with Gasteiger partial charge in [-0.05, 0) is 31.9 Å². The van der Waals surface area contributed by atoms with E-state index in [4.69, 9.17) is 9.47 Å². The van der Waals surface area contributed by atoms with Crippen LogP contribution in [0.5, 0.6) is 0 Å². The zero-order valence-corrected chi connectivity index (χ0v) is 12.9. The van der Waals surface area contributed by atoms with Crippen LogP contribution in [0.2, 0.25) is 0 Å². The Morgan fingerprint density at radius 2 is 2.40 bits per heavy atom. The summed E-state index contributed by atoms with van der Waals surface area (Å²) < 4.78 is 11.8. The third-order valence-electron chi connectivity index (χ3n) is 4.23. The molecule has 3 nitrogen and oxygen atoms in total. The van der Waals surface area contributed by atoms with Crippen molar-refractivity contribution in [2.75, 3.05) is 19.8 Å². The topological polar surface area (TPSA) is 21.7 Å². The number of thiophene rings is 1. The fraction of sp³-hybridized carbons (Fsp3) is 0.625. The molecule has 4 heteroatoms. The Morgan fingerprint density at radius 1 is 1.50 bits per heavy atom. The molecule has 0 N–H and O–H groups in total. The van der Waals surface area contributed by atoms with Gasteiger partial charge in [0.25, 0.3) is 0 Å². The summed E-state index contributed by atoms with van der Waals surface area (Å²) in [6, 6.07) is 4.98. The fourth-order valence-electron chi connectivity index (χ4n) is 3.33. The minimum Gasteiger partial charge on any atom is -0.373 e. The predicted molar refractivity (Wildman–Crippen MR) is 82.2 cm³/mol. The standard InChI is InChI=1S/C16H23NO2S/c1-3-9-18-15-7-6-14-16(15)19-10-8-17(14)11-13-5-4-12(2)20-13/h3-5,14-16H,1,6-11H2,2H3/t14-,15+,16+/m0/s1. The number of ether oxygens (including phenoxy) is 2. The minimum absolute atomic E-state index is 0.241. The van der Waals surface area contributed by atoms with Crippen molar-refractivity contribution in [2.24, 2.45) is 0 Å². The zero-order chi connectivity index (χ0) is 13.9. The number of hydrogen-bond acceptors (Lipinski definition) is 4. The number of fused-ring (bicyclic) bond motifs is 1. The second-order valence-corrected chi connectivity index (χ2v) is 7.00. The largest absolute Gasteiger partial charge is 0.373 e. The molecule has 1 saturated heterocycles. The van der Waals surface area contributed by atoms with Gasteiger partial charge in [-0.15, -0.1) is 17.9 Å². The van der Waals surface area contributed by atoms with Gasteiger partial charge in [0, 0.05) is 28.9 Å². The van der Waals surface area contributed by atoms with Crippen molar-refractivity contribution in [3.05, 3.63) is 34.5 Å². The second kappa shape index (κ2) is 6.39. The number of aryl methyl sites for hydroxylation is 1. The van der Waals surface area contributed by atoms with Crippen LogP contribution in [0.4, 0.5) is 0 Å². The highest BCUT2D eigenvalue weighted by Gasteiger charge is 2.43. The Morgan fingerprint density at radius 3 is 3.15 bits per heavy atom. The first-order valence-electron chi connectivity index (χ1n) is 7.41. The van der Waals surface area contributed by atoms with E-state index in [9.17, 15) is 0 Å². The average Bonchev–Trinajstić information content (AvgIpc) is 3.04. The molecular weight excluding hydrogens is 270 g/mol. The highest BCUT2D eigenvalue weighted by atomic mass is 32.1. The van der Waals surface area contributed by atoms with E-state index in [1.54, 1.807) is 0 Å². The molecule has 1 aliphatic carbocycles. The molecule has 0 unspecified atom stereocenters. The van der Waals surface area contributed by atoms with E-state index in [-0.39, 0.29) is 12.2 Å². The highest BCUT2D eigenvalue weighted by molar-refractivity contribution is 7.11. The second-order valence-electron chi connectivity index (χ2n) is 5.62. The summed E-state index contributed by atoms with van der Waals surface area (Å²) in [6.45, 7) is 9.43. The van der Waals surface area contributed by atoms with E-state index in [2.05, 4.69) is 30.5 Å². The van der Waals surface area contributed by atoms with Crippen molar-refractivity contribution in [1.82, 2.24) is 4.90 Å². The van der Waals surface area contributed by atoms with Crippen LogP contribution in [-0.4, -0.2) is 42.9 Å². The van der Waals surface area contributed by atoms with Crippen molar-refractivity contribution >= 4 is 11.3 Å². The number of rotatable bonds is 5. The maximum absolute atomic E-state index is 5.99. The molecule has 2 aliphatic rings. The Labute approximate surface area is 125 Å². The molecule has 0 spiro atoms. The molecule has 20 heavy (non-hydrogen) atoms. The van der Waals surface area contributed by atoms with Gasteiger partial charge in [0.1, 0.15) is 0 Å². The predicted octanol–water partition coefficient (Wildman–Crippen LogP) is 2.99. The number of morpholine rings is 1. The molecule has 2 heterocycles. The van der Waals surface area contributed by atoms with Gasteiger partial charge in [-0.25, -0.2) is 0 Å². The maximum Gasteiger partial charge on any atom is 0.0992 e. The summed E-state index contributed by atoms with van der Waals surface area (Å²) in [7, 11) is 0. The highest BCUT2D eigenvalue weighted by Crippen LogP contribution is 2.33. The monoisotopic (exact) mass is 293 g/mol. The van der Waals surface area contributed by atoms with E-state index in [0.717, 1.165) is 26.1 Å². The molecule has 3 rings (SSSR count). The van der Waals surface area contributed by atoms with Crippen molar-refractivity contribution in [3.63, 3.8) is 0 Å². The summed E-state index contributed by atoms with van der Waals surface area (Å²) in [5.74, 6) is 0. The third kappa shape index (κ3) is 2.98. The van der Waals surface area contributed by atoms with Crippen LogP contribution in [0.3, 0.4) is 0 Å². The van der Waals surface area contributed by atoms with Crippen molar-refractivity contribution < 1.29 is 9.47 Å². The van der Waals surface area contributed by atoms with Crippen LogP contribution in [0, 0.1) is 6.92 Å². The first-order chi connectivity index (χ1) is 9.78. The van der Waals surface area contributed by atoms with Crippen LogP contribution in [0.25, 0.3) is 0 Å². The molecule has 1 aromatic heterocycles. The molecule has 0 amide bonds. The van der Waals surface area contributed by atoms with E-state index >= 15 is 0 Å². The fourth-order valence-corrected chi connectivity index (χ4v) is 4.24. The first kappa shape index (κ1) is 14.3. The van der Waals surface area contributed by atoms with E-state index in [0.29, 0.717) is 12.6 Å². The Kier molecular flexibility index (Phi) is 4.56. The molecule has 1 aliphatic heterocycles.